The van der Waals surface area contributed by atoms with Crippen LogP contribution >= 0.6 is 0 Å². The third-order valence-electron chi connectivity index (χ3n) is 3.84. The molecule has 126 valence electrons. The highest BCUT2D eigenvalue weighted by molar-refractivity contribution is 5.76. The summed E-state index contributed by atoms with van der Waals surface area (Å²) in [5.74, 6) is 1.75. The van der Waals surface area contributed by atoms with Crippen molar-refractivity contribution in [3.63, 3.8) is 0 Å². The Labute approximate surface area is 141 Å². The zero-order chi connectivity index (χ0) is 16.9. The summed E-state index contributed by atoms with van der Waals surface area (Å²) in [4.78, 5) is 10.9. The molecule has 1 fully saturated rings. The number of benzene rings is 2. The molecule has 2 atom stereocenters. The number of aldehydes is 1. The molecule has 0 aliphatic carbocycles. The second-order valence-corrected chi connectivity index (χ2v) is 5.60. The zero-order valence-electron chi connectivity index (χ0n) is 13.7. The Morgan fingerprint density at radius 3 is 2.71 bits per heavy atom. The molecule has 0 aromatic heterocycles. The van der Waals surface area contributed by atoms with E-state index in [1.807, 2.05) is 31.2 Å². The van der Waals surface area contributed by atoms with Gasteiger partial charge in [-0.05, 0) is 31.2 Å². The van der Waals surface area contributed by atoms with Crippen molar-refractivity contribution in [2.45, 2.75) is 19.1 Å². The fourth-order valence-corrected chi connectivity index (χ4v) is 2.38. The molecule has 5 nitrogen and oxygen atoms in total. The number of para-hydroxylation sites is 1. The van der Waals surface area contributed by atoms with E-state index in [1.54, 1.807) is 25.3 Å². The Balaban J connectivity index is 1.80. The molecule has 1 saturated heterocycles. The highest BCUT2D eigenvalue weighted by atomic mass is 16.6. The number of hydrogen-bond donors (Lipinski definition) is 0. The van der Waals surface area contributed by atoms with E-state index >= 15 is 0 Å². The normalized spacial score (nSPS) is 17.2. The number of epoxide rings is 1. The lowest BCUT2D eigenvalue weighted by atomic mass is 10.1. The van der Waals surface area contributed by atoms with Crippen LogP contribution in [-0.2, 0) is 9.47 Å². The lowest BCUT2D eigenvalue weighted by Gasteiger charge is -2.18. The van der Waals surface area contributed by atoms with Crippen molar-refractivity contribution in [2.75, 3.05) is 20.3 Å². The van der Waals surface area contributed by atoms with E-state index in [9.17, 15) is 4.79 Å². The van der Waals surface area contributed by atoms with Gasteiger partial charge in [-0.3, -0.25) is 4.79 Å². The molecule has 0 saturated carbocycles. The van der Waals surface area contributed by atoms with Crippen LogP contribution in [0.15, 0.2) is 42.5 Å². The van der Waals surface area contributed by atoms with Gasteiger partial charge in [0.15, 0.2) is 11.5 Å². The molecular formula is C19H20O5. The summed E-state index contributed by atoms with van der Waals surface area (Å²) >= 11 is 0. The summed E-state index contributed by atoms with van der Waals surface area (Å²) in [5, 5.41) is 0. The molecule has 1 unspecified atom stereocenters. The fourth-order valence-electron chi connectivity index (χ4n) is 2.38. The maximum Gasteiger partial charge on any atom is 0.169 e. The van der Waals surface area contributed by atoms with Gasteiger partial charge in [-0.1, -0.05) is 18.2 Å². The predicted octanol–water partition coefficient (Wildman–Crippen LogP) is 3.78. The molecule has 0 spiro atoms. The molecule has 0 N–H and O–H groups in total. The van der Waals surface area contributed by atoms with Crippen LogP contribution in [0.3, 0.4) is 0 Å². The van der Waals surface area contributed by atoms with Crippen LogP contribution in [0.25, 0.3) is 0 Å². The summed E-state index contributed by atoms with van der Waals surface area (Å²) in [6.07, 6.45) is 0.873. The van der Waals surface area contributed by atoms with Crippen molar-refractivity contribution >= 4 is 6.29 Å². The van der Waals surface area contributed by atoms with Crippen LogP contribution in [0.4, 0.5) is 0 Å². The number of methoxy groups -OCH3 is 1. The quantitative estimate of drug-likeness (QED) is 0.545. The second-order valence-electron chi connectivity index (χ2n) is 5.60. The summed E-state index contributed by atoms with van der Waals surface area (Å²) in [7, 11) is 1.55. The van der Waals surface area contributed by atoms with Gasteiger partial charge in [0.2, 0.25) is 0 Å². The van der Waals surface area contributed by atoms with E-state index in [0.29, 0.717) is 29.4 Å². The topological polar surface area (TPSA) is 57.3 Å². The van der Waals surface area contributed by atoms with Gasteiger partial charge < -0.3 is 18.9 Å². The monoisotopic (exact) mass is 328 g/mol. The van der Waals surface area contributed by atoms with Crippen LogP contribution < -0.4 is 9.47 Å². The van der Waals surface area contributed by atoms with E-state index in [2.05, 4.69) is 0 Å². The van der Waals surface area contributed by atoms with E-state index in [4.69, 9.17) is 18.9 Å². The second kappa shape index (κ2) is 7.47. The molecule has 1 aliphatic heterocycles. The highest BCUT2D eigenvalue weighted by Crippen LogP contribution is 2.36. The van der Waals surface area contributed by atoms with E-state index in [0.717, 1.165) is 18.5 Å². The number of hydrogen-bond acceptors (Lipinski definition) is 5. The van der Waals surface area contributed by atoms with Crippen LogP contribution in [0.1, 0.15) is 28.9 Å². The Morgan fingerprint density at radius 1 is 1.21 bits per heavy atom. The smallest absolute Gasteiger partial charge is 0.169 e. The van der Waals surface area contributed by atoms with E-state index in [1.165, 1.54) is 0 Å². The molecule has 0 radical (unpaired) electrons. The lowest BCUT2D eigenvalue weighted by Crippen LogP contribution is -2.07. The number of carbonyl (C=O) groups excluding carboxylic acids is 1. The predicted molar refractivity (Wildman–Crippen MR) is 89.0 cm³/mol. The Morgan fingerprint density at radius 2 is 2.00 bits per heavy atom. The van der Waals surface area contributed by atoms with Crippen molar-refractivity contribution in [1.82, 2.24) is 0 Å². The molecule has 0 amide bonds. The summed E-state index contributed by atoms with van der Waals surface area (Å²) in [5.41, 5.74) is 1.48. The first-order valence-electron chi connectivity index (χ1n) is 7.84. The van der Waals surface area contributed by atoms with Crippen molar-refractivity contribution in [3.05, 3.63) is 53.6 Å². The van der Waals surface area contributed by atoms with Crippen LogP contribution in [-0.4, -0.2) is 32.7 Å². The van der Waals surface area contributed by atoms with E-state index in [-0.39, 0.29) is 12.2 Å². The Kier molecular flexibility index (Phi) is 5.13. The SMILES string of the molecule is COc1cc(C=O)ccc1Oc1ccccc1C(C)OC[C@H]1CO1. The third kappa shape index (κ3) is 3.93. The largest absolute Gasteiger partial charge is 0.493 e. The molecular weight excluding hydrogens is 308 g/mol. The molecule has 1 heterocycles. The Bertz CT molecular complexity index is 709. The van der Waals surface area contributed by atoms with Gasteiger partial charge in [0.25, 0.3) is 0 Å². The summed E-state index contributed by atoms with van der Waals surface area (Å²) < 4.78 is 22.4. The standard InChI is InChI=1S/C19H20O5/c1-13(22-11-15-12-23-15)16-5-3-4-6-17(16)24-18-8-7-14(10-20)9-19(18)21-2/h3-10,13,15H,11-12H2,1-2H3/t13?,15-/m0/s1. The minimum absolute atomic E-state index is 0.120. The average Bonchev–Trinajstić information content (AvgIpc) is 3.45. The molecule has 3 rings (SSSR count). The van der Waals surface area contributed by atoms with Crippen molar-refractivity contribution < 1.29 is 23.7 Å². The van der Waals surface area contributed by atoms with Gasteiger partial charge in [0.05, 0.1) is 26.4 Å². The van der Waals surface area contributed by atoms with Crippen LogP contribution in [0, 0.1) is 0 Å². The number of ether oxygens (including phenoxy) is 4. The summed E-state index contributed by atoms with van der Waals surface area (Å²) in [6, 6.07) is 12.8. The molecule has 2 aromatic carbocycles. The van der Waals surface area contributed by atoms with Crippen molar-refractivity contribution in [1.29, 1.82) is 0 Å². The Hall–Kier alpha value is -2.37. The fraction of sp³-hybridized carbons (Fsp3) is 0.316. The highest BCUT2D eigenvalue weighted by Gasteiger charge is 2.24. The van der Waals surface area contributed by atoms with Crippen LogP contribution in [0.5, 0.6) is 17.2 Å². The average molecular weight is 328 g/mol. The number of carbonyl (C=O) groups is 1. The van der Waals surface area contributed by atoms with Crippen molar-refractivity contribution in [3.8, 4) is 17.2 Å². The van der Waals surface area contributed by atoms with Gasteiger partial charge in [0, 0.05) is 11.1 Å². The maximum absolute atomic E-state index is 10.9. The molecule has 2 aromatic rings. The first kappa shape index (κ1) is 16.5. The van der Waals surface area contributed by atoms with Gasteiger partial charge in [-0.2, -0.15) is 0 Å². The van der Waals surface area contributed by atoms with Crippen LogP contribution in [0.2, 0.25) is 0 Å². The maximum atomic E-state index is 10.9. The molecule has 0 bridgehead atoms. The molecule has 1 aliphatic rings. The van der Waals surface area contributed by atoms with Gasteiger partial charge in [-0.15, -0.1) is 0 Å². The van der Waals surface area contributed by atoms with Gasteiger partial charge in [0.1, 0.15) is 18.1 Å². The molecule has 5 heteroatoms. The third-order valence-corrected chi connectivity index (χ3v) is 3.84. The van der Waals surface area contributed by atoms with Crippen molar-refractivity contribution in [2.24, 2.45) is 0 Å². The minimum Gasteiger partial charge on any atom is -0.493 e. The number of rotatable bonds is 8. The van der Waals surface area contributed by atoms with E-state index < -0.39 is 0 Å². The summed E-state index contributed by atoms with van der Waals surface area (Å²) in [6.45, 7) is 3.33. The zero-order valence-corrected chi connectivity index (χ0v) is 13.7. The first-order chi connectivity index (χ1) is 11.7. The molecule has 24 heavy (non-hydrogen) atoms. The van der Waals surface area contributed by atoms with Gasteiger partial charge >= 0.3 is 0 Å². The minimum atomic E-state index is -0.120. The van der Waals surface area contributed by atoms with Gasteiger partial charge in [-0.25, -0.2) is 0 Å². The first-order valence-corrected chi connectivity index (χ1v) is 7.84. The lowest BCUT2D eigenvalue weighted by molar-refractivity contribution is 0.0527.